The van der Waals surface area contributed by atoms with E-state index in [1.165, 1.54) is 31.2 Å². The predicted molar refractivity (Wildman–Crippen MR) is 341 cm³/mol. The Morgan fingerprint density at radius 2 is 1.29 bits per heavy atom. The second-order valence-corrected chi connectivity index (χ2v) is 24.2. The fourth-order valence-corrected chi connectivity index (χ4v) is 11.7. The zero-order valence-electron chi connectivity index (χ0n) is 54.0. The summed E-state index contributed by atoms with van der Waals surface area (Å²) in [6.07, 6.45) is -15.7. The van der Waals surface area contributed by atoms with Crippen LogP contribution in [0.2, 0.25) is 0 Å². The number of β-amino-alcohol motifs (C(OH)–C–C–N with tert-alkyl or cyclic N) is 1. The summed E-state index contributed by atoms with van der Waals surface area (Å²) >= 11 is -0.0908. The van der Waals surface area contributed by atoms with Crippen molar-refractivity contribution in [3.63, 3.8) is 0 Å². The van der Waals surface area contributed by atoms with E-state index in [9.17, 15) is 84.5 Å². The normalized spacial score (nSPS) is 23.7. The van der Waals surface area contributed by atoms with Crippen molar-refractivity contribution in [1.29, 1.82) is 0 Å². The van der Waals surface area contributed by atoms with Crippen molar-refractivity contribution < 1.29 is 141 Å². The van der Waals surface area contributed by atoms with Crippen molar-refractivity contribution in [3.05, 3.63) is 132 Å². The number of aromatic nitrogens is 2. The minimum absolute atomic E-state index is 0. The second-order valence-electron chi connectivity index (χ2n) is 23.8. The Kier molecular flexibility index (Phi) is 27.3. The van der Waals surface area contributed by atoms with Gasteiger partial charge in [0.15, 0.2) is 11.5 Å². The molecule has 0 spiro atoms. The van der Waals surface area contributed by atoms with Gasteiger partial charge in [-0.05, 0) is 96.4 Å². The largest absolute Gasteiger partial charge is 1.00 e. The monoisotopic (exact) mass is 1420 g/mol. The van der Waals surface area contributed by atoms with Gasteiger partial charge in [-0.3, -0.25) is 43.4 Å². The number of para-hydroxylation sites is 1. The maximum atomic E-state index is 14.7. The molecule has 33 nitrogen and oxygen atoms in total. The van der Waals surface area contributed by atoms with Gasteiger partial charge in [-0.15, -0.1) is 14.5 Å². The molecule has 0 aliphatic carbocycles. The van der Waals surface area contributed by atoms with Gasteiger partial charge in [0.25, 0.3) is 18.2 Å². The summed E-state index contributed by atoms with van der Waals surface area (Å²) < 4.78 is 26.7. The number of nitrogens with two attached hydrogens (primary N) is 1. The Balaban J connectivity index is 0.0000127. The van der Waals surface area contributed by atoms with Crippen LogP contribution >= 0.6 is 12.3 Å². The van der Waals surface area contributed by atoms with Crippen molar-refractivity contribution in [2.75, 3.05) is 32.8 Å². The number of nitrogens with zero attached hydrogens (tertiary/aromatic N) is 4. The molecule has 8 amide bonds. The van der Waals surface area contributed by atoms with E-state index >= 15 is 0 Å². The molecule has 5 aromatic carbocycles. The first-order valence-electron chi connectivity index (χ1n) is 31.1. The third kappa shape index (κ3) is 19.4. The number of carbonyl (C=O) groups is 8. The number of rotatable bonds is 22. The van der Waals surface area contributed by atoms with Crippen LogP contribution in [0.5, 0.6) is 23.0 Å². The molecule has 3 fully saturated rings. The fraction of sp³-hybridized carbons (Fsp3) is 0.385. The molecule has 0 saturated carbocycles. The number of carbonyl (C=O) groups excluding carboxylic acids is 8. The number of fused-ring (bicyclic) bond motifs is 2. The van der Waals surface area contributed by atoms with E-state index in [0.29, 0.717) is 41.4 Å². The topological polar surface area (TPSA) is 499 Å². The van der Waals surface area contributed by atoms with Crippen LogP contribution in [0.3, 0.4) is 0 Å². The number of hydrogen-bond donors (Lipinski definition) is 14. The second kappa shape index (κ2) is 35.5. The summed E-state index contributed by atoms with van der Waals surface area (Å²) in [6, 6.07) is 20.6. The number of amides is 8. The third-order valence-corrected chi connectivity index (χ3v) is 17.0. The molecule has 35 heteroatoms. The van der Waals surface area contributed by atoms with E-state index in [1.807, 2.05) is 78.9 Å². The van der Waals surface area contributed by atoms with Crippen LogP contribution < -0.4 is 80.8 Å². The standard InChI is InChI=1S/C65H74N10O23S.Na/c1-32-30-75-53(54(32)82)61(89)67-29-40(77)26-44(68-57(85)36-11-15-38(16-12-36)63-73-72-62(95-63)37-13-9-34(10-14-37)35-17-20-43(21-18-35)94-24-6-23-93-42-7-4-3-5-8-42)58(86)69-50(33(2)76)64(90)74-31-41(78)27-45(74)59(87)71-52(60(88)70-51(65(75)91)47(80)28-49(66)81)56(84)55(83)39-19-22-46(79)48(25-39)96-99-98-97-92;/h3-5,7-22,25,32-33,40-41,44-45,47,50-56,76-80,82-84,92H,6,23-24,26-31H2,1-2H3,(H2,66,81)(H,67,89)(H,68,85)(H,69,86)(H,70,88)(H,71,87);/q;+1/p-1. The molecule has 4 heterocycles. The predicted octanol–water partition coefficient (Wildman–Crippen LogP) is -4.89. The van der Waals surface area contributed by atoms with Crippen LogP contribution in [-0.4, -0.2) is 214 Å². The maximum Gasteiger partial charge on any atom is 1.00 e. The SMILES string of the molecule is CC(O)C1NC(=O)C(NC(=O)c2ccc(-c3nnc(-c4ccc(-c5ccc(OCCCOc6ccccc6)cc5)cc4)o3)cc2)CC(O)CNC(=O)C2C(O)C(C)CN2C(=O)C(C(O)CC(N)=O)NC(=O)C(C(O)C(O)c2ccc(O)c(OSOO[O-])c2)NC(=O)C2CC(O)CN2C1=O.[Na+]. The zero-order valence-corrected chi connectivity index (χ0v) is 56.8. The first kappa shape index (κ1) is 76.9. The van der Waals surface area contributed by atoms with Crippen LogP contribution in [0.1, 0.15) is 61.6 Å². The number of benzene rings is 5. The van der Waals surface area contributed by atoms with E-state index < -0.39 is 183 Å². The van der Waals surface area contributed by atoms with Gasteiger partial charge in [0, 0.05) is 61.5 Å². The smallest absolute Gasteiger partial charge is 0.691 e. The van der Waals surface area contributed by atoms with Gasteiger partial charge in [-0.1, -0.05) is 55.5 Å². The molecule has 100 heavy (non-hydrogen) atoms. The maximum absolute atomic E-state index is 14.7. The van der Waals surface area contributed by atoms with E-state index in [4.69, 9.17) is 23.8 Å². The van der Waals surface area contributed by atoms with Crippen LogP contribution in [-0.2, 0) is 42.9 Å². The molecule has 9 rings (SSSR count). The third-order valence-electron chi connectivity index (χ3n) is 16.6. The van der Waals surface area contributed by atoms with E-state index in [1.54, 1.807) is 0 Å². The molecular formula is C65H73N10NaO23S. The van der Waals surface area contributed by atoms with Crippen LogP contribution in [0.15, 0.2) is 126 Å². The molecule has 14 unspecified atom stereocenters. The van der Waals surface area contributed by atoms with Crippen LogP contribution in [0.25, 0.3) is 34.0 Å². The number of aliphatic hydroxyl groups excluding tert-OH is 7. The average Bonchev–Trinajstić information content (AvgIpc) is 1.65. The van der Waals surface area contributed by atoms with Crippen molar-refractivity contribution >= 4 is 59.6 Å². The summed E-state index contributed by atoms with van der Waals surface area (Å²) in [5.41, 5.74) is 7.75. The molecular weight excluding hydrogens is 1340 g/mol. The van der Waals surface area contributed by atoms with Crippen LogP contribution in [0, 0.1) is 5.92 Å². The number of primary amides is 1. The average molecular weight is 1420 g/mol. The summed E-state index contributed by atoms with van der Waals surface area (Å²) in [5.74, 6) is -10.4. The van der Waals surface area contributed by atoms with E-state index in [0.717, 1.165) is 46.9 Å². The Morgan fingerprint density at radius 1 is 0.710 bits per heavy atom. The van der Waals surface area contributed by atoms with Gasteiger partial charge in [-0.25, -0.2) is 0 Å². The number of nitrogens with one attached hydrogen (secondary N) is 5. The molecule has 3 aliphatic rings. The Bertz CT molecular complexity index is 3810. The molecule has 14 atom stereocenters. The van der Waals surface area contributed by atoms with Gasteiger partial charge in [-0.2, -0.15) is 0 Å². The fourth-order valence-electron chi connectivity index (χ4n) is 11.4. The number of hydrogen-bond acceptors (Lipinski definition) is 26. The van der Waals surface area contributed by atoms with Crippen LogP contribution in [0.4, 0.5) is 0 Å². The van der Waals surface area contributed by atoms with E-state index in [2.05, 4.69) is 46.2 Å². The van der Waals surface area contributed by atoms with Gasteiger partial charge < -0.3 is 106 Å². The number of aliphatic hydroxyl groups is 7. The zero-order chi connectivity index (χ0) is 71.2. The molecule has 6 aromatic rings. The Morgan fingerprint density at radius 3 is 1.91 bits per heavy atom. The summed E-state index contributed by atoms with van der Waals surface area (Å²) in [5, 5.41) is 124. The number of phenolic OH excluding ortho intramolecular Hbond substituents is 1. The Hall–Kier alpha value is -8.85. The minimum atomic E-state index is -2.55. The first-order chi connectivity index (χ1) is 47.4. The molecule has 15 N–H and O–H groups in total. The number of phenols is 1. The minimum Gasteiger partial charge on any atom is -0.691 e. The number of ether oxygens (including phenoxy) is 2. The van der Waals surface area contributed by atoms with Crippen molar-refractivity contribution in [2.24, 2.45) is 11.7 Å². The van der Waals surface area contributed by atoms with Gasteiger partial charge in [0.05, 0.1) is 50.2 Å². The first-order valence-corrected chi connectivity index (χ1v) is 31.8. The summed E-state index contributed by atoms with van der Waals surface area (Å²) in [7, 11) is 0. The molecule has 3 saturated heterocycles. The number of aromatic hydroxyl groups is 1. The van der Waals surface area contributed by atoms with Crippen molar-refractivity contribution in [2.45, 2.75) is 119 Å². The van der Waals surface area contributed by atoms with E-state index in [-0.39, 0.29) is 64.8 Å². The molecule has 0 radical (unpaired) electrons. The molecule has 3 aliphatic heterocycles. The molecule has 528 valence electrons. The summed E-state index contributed by atoms with van der Waals surface area (Å²) in [6.45, 7) is 1.59. The summed E-state index contributed by atoms with van der Waals surface area (Å²) in [4.78, 5) is 115. The quantitative estimate of drug-likeness (QED) is 0.00996. The van der Waals surface area contributed by atoms with Crippen molar-refractivity contribution in [1.82, 2.24) is 46.6 Å². The Labute approximate surface area is 596 Å². The molecule has 0 bridgehead atoms. The van der Waals surface area contributed by atoms with Gasteiger partial charge in [0.2, 0.25) is 53.1 Å². The van der Waals surface area contributed by atoms with Crippen molar-refractivity contribution in [3.8, 4) is 57.0 Å². The van der Waals surface area contributed by atoms with Gasteiger partial charge in [0.1, 0.15) is 60.0 Å². The van der Waals surface area contributed by atoms with Gasteiger partial charge >= 0.3 is 29.6 Å². The molecule has 1 aromatic heterocycles.